The Hall–Kier alpha value is -0.830. The number of carbonyl (C=O) groups excluding carboxylic acids is 1. The predicted octanol–water partition coefficient (Wildman–Crippen LogP) is 0.593. The van der Waals surface area contributed by atoms with E-state index in [0.717, 1.165) is 13.0 Å². The van der Waals surface area contributed by atoms with Gasteiger partial charge in [0.05, 0.1) is 0 Å². The fraction of sp³-hybridized carbons (Fsp3) is 0.571. The Morgan fingerprint density at radius 2 is 2.20 bits per heavy atom. The molecule has 0 unspecified atom stereocenters. The minimum absolute atomic E-state index is 0.145. The molecule has 0 bridgehead atoms. The molecule has 0 atom stereocenters. The molecule has 0 fully saturated rings. The summed E-state index contributed by atoms with van der Waals surface area (Å²) < 4.78 is 0. The van der Waals surface area contributed by atoms with Gasteiger partial charge in [-0.15, -0.1) is 0 Å². The second kappa shape index (κ2) is 4.99. The maximum atomic E-state index is 10.7. The lowest BCUT2D eigenvalue weighted by Gasteiger charge is -2.03. The lowest BCUT2D eigenvalue weighted by molar-refractivity contribution is -0.118. The smallest absolute Gasteiger partial charge is 0.260 e. The van der Waals surface area contributed by atoms with E-state index in [9.17, 15) is 4.79 Å². The molecule has 10 heavy (non-hydrogen) atoms. The van der Waals surface area contributed by atoms with E-state index < -0.39 is 0 Å². The summed E-state index contributed by atoms with van der Waals surface area (Å²) >= 11 is 0. The summed E-state index contributed by atoms with van der Waals surface area (Å²) in [7, 11) is 0. The van der Waals surface area contributed by atoms with Crippen LogP contribution in [0.3, 0.4) is 0 Å². The Balaban J connectivity index is 3.31. The number of amides is 1. The Morgan fingerprint density at radius 1 is 1.60 bits per heavy atom. The molecule has 0 spiro atoms. The molecule has 0 aromatic heterocycles. The topological polar surface area (TPSA) is 41.1 Å². The Kier molecular flexibility index (Phi) is 4.58. The molecule has 1 amide bonds. The van der Waals surface area contributed by atoms with Crippen molar-refractivity contribution in [3.05, 3.63) is 12.2 Å². The van der Waals surface area contributed by atoms with Crippen LogP contribution in [0.1, 0.15) is 20.3 Å². The zero-order valence-corrected chi connectivity index (χ0v) is 6.53. The van der Waals surface area contributed by atoms with Crippen LogP contribution in [0, 0.1) is 0 Å². The van der Waals surface area contributed by atoms with E-state index in [-0.39, 0.29) is 5.91 Å². The van der Waals surface area contributed by atoms with Gasteiger partial charge >= 0.3 is 0 Å². The SMILES string of the molecule is C=C(C)C(=O)NNCCC. The molecule has 58 valence electrons. The molecule has 0 radical (unpaired) electrons. The van der Waals surface area contributed by atoms with E-state index in [1.807, 2.05) is 6.92 Å². The standard InChI is InChI=1S/C7H14N2O/c1-4-5-8-9-7(10)6(2)3/h8H,2,4-5H2,1,3H3,(H,9,10). The Morgan fingerprint density at radius 3 is 2.60 bits per heavy atom. The number of hydrazine groups is 1. The molecule has 0 aliphatic heterocycles. The molecule has 0 aromatic carbocycles. The third-order valence-electron chi connectivity index (χ3n) is 0.965. The average Bonchev–Trinajstić information content (AvgIpc) is 1.88. The van der Waals surface area contributed by atoms with Crippen molar-refractivity contribution >= 4 is 5.91 Å². The fourth-order valence-electron chi connectivity index (χ4n) is 0.374. The van der Waals surface area contributed by atoms with E-state index in [2.05, 4.69) is 17.4 Å². The van der Waals surface area contributed by atoms with E-state index in [1.165, 1.54) is 0 Å². The first-order valence-corrected chi connectivity index (χ1v) is 3.37. The number of carbonyl (C=O) groups is 1. The van der Waals surface area contributed by atoms with Crippen LogP contribution in [0.2, 0.25) is 0 Å². The third kappa shape index (κ3) is 4.09. The van der Waals surface area contributed by atoms with Crippen LogP contribution in [-0.2, 0) is 4.79 Å². The van der Waals surface area contributed by atoms with Gasteiger partial charge in [-0.3, -0.25) is 10.2 Å². The molecular weight excluding hydrogens is 128 g/mol. The van der Waals surface area contributed by atoms with Crippen LogP contribution in [0.25, 0.3) is 0 Å². The Bertz CT molecular complexity index is 132. The maximum Gasteiger partial charge on any atom is 0.260 e. The fourth-order valence-corrected chi connectivity index (χ4v) is 0.374. The van der Waals surface area contributed by atoms with Crippen LogP contribution in [0.15, 0.2) is 12.2 Å². The van der Waals surface area contributed by atoms with Gasteiger partial charge in [0.2, 0.25) is 0 Å². The van der Waals surface area contributed by atoms with Crippen LogP contribution in [0.5, 0.6) is 0 Å². The summed E-state index contributed by atoms with van der Waals surface area (Å²) in [5.74, 6) is -0.145. The van der Waals surface area contributed by atoms with Gasteiger partial charge in [0.25, 0.3) is 5.91 Å². The second-order valence-electron chi connectivity index (χ2n) is 2.16. The highest BCUT2D eigenvalue weighted by Crippen LogP contribution is 1.82. The molecule has 0 aliphatic rings. The molecule has 3 nitrogen and oxygen atoms in total. The van der Waals surface area contributed by atoms with Crippen molar-refractivity contribution in [2.24, 2.45) is 0 Å². The maximum absolute atomic E-state index is 10.7. The van der Waals surface area contributed by atoms with E-state index in [4.69, 9.17) is 0 Å². The van der Waals surface area contributed by atoms with Crippen molar-refractivity contribution in [1.82, 2.24) is 10.9 Å². The number of hydrogen-bond acceptors (Lipinski definition) is 2. The molecule has 2 N–H and O–H groups in total. The normalized spacial score (nSPS) is 9.00. The van der Waals surface area contributed by atoms with Crippen molar-refractivity contribution in [2.45, 2.75) is 20.3 Å². The van der Waals surface area contributed by atoms with Gasteiger partial charge in [0, 0.05) is 12.1 Å². The monoisotopic (exact) mass is 142 g/mol. The number of nitrogens with one attached hydrogen (secondary N) is 2. The summed E-state index contributed by atoms with van der Waals surface area (Å²) in [6, 6.07) is 0. The van der Waals surface area contributed by atoms with Crippen molar-refractivity contribution < 1.29 is 4.79 Å². The third-order valence-corrected chi connectivity index (χ3v) is 0.965. The highest BCUT2D eigenvalue weighted by atomic mass is 16.2. The van der Waals surface area contributed by atoms with Gasteiger partial charge in [-0.2, -0.15) is 0 Å². The predicted molar refractivity (Wildman–Crippen MR) is 41.3 cm³/mol. The molecule has 0 aromatic rings. The largest absolute Gasteiger partial charge is 0.288 e. The van der Waals surface area contributed by atoms with Gasteiger partial charge in [-0.25, -0.2) is 5.43 Å². The molecule has 0 rings (SSSR count). The van der Waals surface area contributed by atoms with Gasteiger partial charge < -0.3 is 0 Å². The van der Waals surface area contributed by atoms with Crippen LogP contribution >= 0.6 is 0 Å². The van der Waals surface area contributed by atoms with Crippen molar-refractivity contribution in [3.8, 4) is 0 Å². The van der Waals surface area contributed by atoms with Crippen molar-refractivity contribution in [2.75, 3.05) is 6.54 Å². The van der Waals surface area contributed by atoms with Gasteiger partial charge in [-0.05, 0) is 13.3 Å². The van der Waals surface area contributed by atoms with E-state index in [0.29, 0.717) is 5.57 Å². The minimum atomic E-state index is -0.145. The van der Waals surface area contributed by atoms with Crippen molar-refractivity contribution in [3.63, 3.8) is 0 Å². The van der Waals surface area contributed by atoms with Gasteiger partial charge in [0.1, 0.15) is 0 Å². The first kappa shape index (κ1) is 9.17. The summed E-state index contributed by atoms with van der Waals surface area (Å²) in [4.78, 5) is 10.7. The minimum Gasteiger partial charge on any atom is -0.288 e. The quantitative estimate of drug-likeness (QED) is 0.343. The summed E-state index contributed by atoms with van der Waals surface area (Å²) in [6.07, 6.45) is 0.996. The summed E-state index contributed by atoms with van der Waals surface area (Å²) in [5, 5.41) is 0. The molecule has 0 heterocycles. The lowest BCUT2D eigenvalue weighted by atomic mass is 10.3. The lowest BCUT2D eigenvalue weighted by Crippen LogP contribution is -2.37. The molecular formula is C7H14N2O. The van der Waals surface area contributed by atoms with Crippen molar-refractivity contribution in [1.29, 1.82) is 0 Å². The van der Waals surface area contributed by atoms with E-state index >= 15 is 0 Å². The summed E-state index contributed by atoms with van der Waals surface area (Å²) in [6.45, 7) is 7.97. The van der Waals surface area contributed by atoms with Gasteiger partial charge in [-0.1, -0.05) is 13.5 Å². The zero-order valence-electron chi connectivity index (χ0n) is 6.53. The number of rotatable bonds is 4. The van der Waals surface area contributed by atoms with Crippen LogP contribution in [0.4, 0.5) is 0 Å². The highest BCUT2D eigenvalue weighted by Gasteiger charge is 1.97. The molecule has 0 saturated carbocycles. The highest BCUT2D eigenvalue weighted by molar-refractivity contribution is 5.91. The molecule has 0 aliphatic carbocycles. The van der Waals surface area contributed by atoms with Crippen LogP contribution in [-0.4, -0.2) is 12.5 Å². The second-order valence-corrected chi connectivity index (χ2v) is 2.16. The molecule has 3 heteroatoms. The first-order valence-electron chi connectivity index (χ1n) is 3.37. The Labute approximate surface area is 61.5 Å². The molecule has 0 saturated heterocycles. The van der Waals surface area contributed by atoms with E-state index in [1.54, 1.807) is 6.92 Å². The zero-order chi connectivity index (χ0) is 7.98. The average molecular weight is 142 g/mol. The number of hydrogen-bond donors (Lipinski definition) is 2. The summed E-state index contributed by atoms with van der Waals surface area (Å²) in [5.41, 5.74) is 5.77. The van der Waals surface area contributed by atoms with Gasteiger partial charge in [0.15, 0.2) is 0 Å². The first-order chi connectivity index (χ1) is 4.68. The van der Waals surface area contributed by atoms with Crippen LogP contribution < -0.4 is 10.9 Å².